The lowest BCUT2D eigenvalue weighted by Gasteiger charge is -2.37. The van der Waals surface area contributed by atoms with Crippen LogP contribution in [0.1, 0.15) is 19.8 Å². The van der Waals surface area contributed by atoms with Crippen LogP contribution in [0.5, 0.6) is 0 Å². The van der Waals surface area contributed by atoms with Crippen molar-refractivity contribution in [3.05, 3.63) is 12.1 Å². The Labute approximate surface area is 198 Å². The molecule has 0 unspecified atom stereocenters. The molecular weight excluding hydrogens is 488 g/mol. The molecule has 2 aromatic rings. The standard InChI is InChI=1S/C18H30N8O6S2/c1-2-13(28)12-20-34(31,32)15-5-4-14(26-9-7-25(8-10-26)6-3-11-27)16(17(15)33(19,29)30)18-21-23-24-22-18/h4-5,13,20,27-28H,2-3,6-12H2,1H3,(H2,19,29,30)(H,21,22,23,24)/t13-/m1/s1. The smallest absolute Gasteiger partial charge is 0.242 e. The summed E-state index contributed by atoms with van der Waals surface area (Å²) < 4.78 is 53.7. The fourth-order valence-electron chi connectivity index (χ4n) is 3.73. The highest BCUT2D eigenvalue weighted by Crippen LogP contribution is 2.38. The van der Waals surface area contributed by atoms with E-state index in [0.29, 0.717) is 44.7 Å². The van der Waals surface area contributed by atoms with Gasteiger partial charge in [-0.1, -0.05) is 6.92 Å². The number of aliphatic hydroxyl groups is 2. The van der Waals surface area contributed by atoms with Crippen LogP contribution in [0, 0.1) is 0 Å². The maximum Gasteiger partial charge on any atom is 0.242 e. The maximum atomic E-state index is 13.0. The van der Waals surface area contributed by atoms with Gasteiger partial charge >= 0.3 is 0 Å². The first kappa shape index (κ1) is 26.4. The average molecular weight is 519 g/mol. The SMILES string of the molecule is CC[C@@H](O)CNS(=O)(=O)c1ccc(N2CCN(CCCO)CC2)c(-c2nn[nH]n2)c1S(N)(=O)=O. The maximum absolute atomic E-state index is 13.0. The summed E-state index contributed by atoms with van der Waals surface area (Å²) in [6, 6.07) is 2.67. The lowest BCUT2D eigenvalue weighted by Crippen LogP contribution is -2.47. The largest absolute Gasteiger partial charge is 0.396 e. The normalized spacial score (nSPS) is 16.6. The van der Waals surface area contributed by atoms with Crippen LogP contribution in [0.25, 0.3) is 11.4 Å². The van der Waals surface area contributed by atoms with Gasteiger partial charge in [-0.3, -0.25) is 4.90 Å². The summed E-state index contributed by atoms with van der Waals surface area (Å²) in [4.78, 5) is 2.86. The summed E-state index contributed by atoms with van der Waals surface area (Å²) in [5.41, 5.74) is 0.332. The van der Waals surface area contributed by atoms with Crippen molar-refractivity contribution in [3.63, 3.8) is 0 Å². The van der Waals surface area contributed by atoms with Crippen LogP contribution in [-0.4, -0.2) is 105 Å². The molecule has 0 saturated carbocycles. The monoisotopic (exact) mass is 518 g/mol. The van der Waals surface area contributed by atoms with Crippen LogP contribution >= 0.6 is 0 Å². The highest BCUT2D eigenvalue weighted by molar-refractivity contribution is 7.92. The number of aromatic amines is 1. The van der Waals surface area contributed by atoms with E-state index in [0.717, 1.165) is 6.54 Å². The summed E-state index contributed by atoms with van der Waals surface area (Å²) in [6.45, 7) is 4.58. The van der Waals surface area contributed by atoms with Crippen LogP contribution in [0.15, 0.2) is 21.9 Å². The Morgan fingerprint density at radius 1 is 1.21 bits per heavy atom. The predicted octanol–water partition coefficient (Wildman–Crippen LogP) is -1.93. The van der Waals surface area contributed by atoms with E-state index in [1.54, 1.807) is 6.92 Å². The first-order valence-corrected chi connectivity index (χ1v) is 13.8. The summed E-state index contributed by atoms with van der Waals surface area (Å²) in [6.07, 6.45) is 0.0171. The van der Waals surface area contributed by atoms with Gasteiger partial charge in [0.15, 0.2) is 0 Å². The van der Waals surface area contributed by atoms with Crippen LogP contribution in [0.3, 0.4) is 0 Å². The first-order valence-electron chi connectivity index (χ1n) is 10.8. The lowest BCUT2D eigenvalue weighted by molar-refractivity contribution is 0.174. The molecule has 1 atom stereocenters. The summed E-state index contributed by atoms with van der Waals surface area (Å²) in [5, 5.41) is 37.9. The van der Waals surface area contributed by atoms with Crippen molar-refractivity contribution in [2.24, 2.45) is 5.14 Å². The van der Waals surface area contributed by atoms with E-state index in [1.807, 2.05) is 4.90 Å². The van der Waals surface area contributed by atoms with Gasteiger partial charge in [0.05, 0.1) is 11.7 Å². The molecule has 1 aromatic carbocycles. The molecule has 1 saturated heterocycles. The molecular formula is C18H30N8O6S2. The number of hydrogen-bond donors (Lipinski definition) is 5. The number of sulfonamides is 2. The third-order valence-corrected chi connectivity index (χ3v) is 8.16. The minimum absolute atomic E-state index is 0.0704. The summed E-state index contributed by atoms with van der Waals surface area (Å²) >= 11 is 0. The predicted molar refractivity (Wildman–Crippen MR) is 123 cm³/mol. The van der Waals surface area contributed by atoms with E-state index < -0.39 is 35.9 Å². The Morgan fingerprint density at radius 3 is 2.47 bits per heavy atom. The fourth-order valence-corrected chi connectivity index (χ4v) is 6.40. The number of nitrogens with one attached hydrogen (secondary N) is 2. The van der Waals surface area contributed by atoms with Crippen molar-refractivity contribution in [1.82, 2.24) is 30.2 Å². The number of rotatable bonds is 11. The molecule has 0 aliphatic carbocycles. The van der Waals surface area contributed by atoms with Crippen LogP contribution < -0.4 is 14.8 Å². The molecule has 1 fully saturated rings. The molecule has 0 amide bonds. The molecule has 0 bridgehead atoms. The Bertz CT molecular complexity index is 1170. The van der Waals surface area contributed by atoms with Gasteiger partial charge in [-0.25, -0.2) is 26.7 Å². The summed E-state index contributed by atoms with van der Waals surface area (Å²) in [5.74, 6) is -0.118. The van der Waals surface area contributed by atoms with Gasteiger partial charge in [-0.15, -0.1) is 10.2 Å². The molecule has 3 rings (SSSR count). The molecule has 0 radical (unpaired) electrons. The van der Waals surface area contributed by atoms with Gasteiger partial charge in [0.1, 0.15) is 9.79 Å². The Hall–Kier alpha value is -2.21. The molecule has 1 aromatic heterocycles. The van der Waals surface area contributed by atoms with Crippen molar-refractivity contribution >= 4 is 25.7 Å². The Kier molecular flexibility index (Phi) is 8.56. The molecule has 190 valence electrons. The molecule has 0 spiro atoms. The van der Waals surface area contributed by atoms with Crippen molar-refractivity contribution in [2.75, 3.05) is 50.8 Å². The second kappa shape index (κ2) is 11.0. The van der Waals surface area contributed by atoms with E-state index >= 15 is 0 Å². The van der Waals surface area contributed by atoms with Crippen molar-refractivity contribution in [1.29, 1.82) is 0 Å². The zero-order valence-electron chi connectivity index (χ0n) is 18.8. The minimum Gasteiger partial charge on any atom is -0.396 e. The number of nitrogens with two attached hydrogens (primary N) is 1. The first-order chi connectivity index (χ1) is 16.1. The number of aliphatic hydroxyl groups excluding tert-OH is 2. The zero-order chi connectivity index (χ0) is 24.9. The van der Waals surface area contributed by atoms with E-state index in [-0.39, 0.29) is 24.5 Å². The number of primary sulfonamides is 1. The van der Waals surface area contributed by atoms with E-state index in [2.05, 4.69) is 30.2 Å². The van der Waals surface area contributed by atoms with Gasteiger partial charge in [0.25, 0.3) is 0 Å². The van der Waals surface area contributed by atoms with Crippen molar-refractivity contribution in [3.8, 4) is 11.4 Å². The van der Waals surface area contributed by atoms with Gasteiger partial charge in [0.2, 0.25) is 25.9 Å². The number of piperazine rings is 1. The number of aromatic nitrogens is 4. The van der Waals surface area contributed by atoms with Gasteiger partial charge in [-0.05, 0) is 30.2 Å². The highest BCUT2D eigenvalue weighted by Gasteiger charge is 2.33. The number of nitrogens with zero attached hydrogens (tertiary/aromatic N) is 5. The number of tetrazole rings is 1. The lowest BCUT2D eigenvalue weighted by atomic mass is 10.1. The summed E-state index contributed by atoms with van der Waals surface area (Å²) in [7, 11) is -8.93. The van der Waals surface area contributed by atoms with Crippen LogP contribution in [-0.2, 0) is 20.0 Å². The second-order valence-corrected chi connectivity index (χ2v) is 11.1. The molecule has 1 aliphatic rings. The van der Waals surface area contributed by atoms with Gasteiger partial charge in [0, 0.05) is 51.6 Å². The van der Waals surface area contributed by atoms with Crippen LogP contribution in [0.2, 0.25) is 0 Å². The fraction of sp³-hybridized carbons (Fsp3) is 0.611. The molecule has 1 aliphatic heterocycles. The van der Waals surface area contributed by atoms with Crippen molar-refractivity contribution < 1.29 is 27.0 Å². The number of hydrogen-bond acceptors (Lipinski definition) is 11. The minimum atomic E-state index is -4.57. The van der Waals surface area contributed by atoms with E-state index in [1.165, 1.54) is 12.1 Å². The highest BCUT2D eigenvalue weighted by atomic mass is 32.2. The quantitative estimate of drug-likeness (QED) is 0.221. The topological polar surface area (TPSA) is 208 Å². The number of H-pyrrole nitrogens is 1. The van der Waals surface area contributed by atoms with E-state index in [4.69, 9.17) is 10.2 Å². The van der Waals surface area contributed by atoms with E-state index in [9.17, 15) is 21.9 Å². The average Bonchev–Trinajstić information content (AvgIpc) is 3.34. The zero-order valence-corrected chi connectivity index (χ0v) is 20.4. The Balaban J connectivity index is 2.09. The number of anilines is 1. The molecule has 16 heteroatoms. The van der Waals surface area contributed by atoms with Crippen LogP contribution in [0.4, 0.5) is 5.69 Å². The molecule has 14 nitrogen and oxygen atoms in total. The third kappa shape index (κ3) is 6.07. The van der Waals surface area contributed by atoms with Crippen molar-refractivity contribution in [2.45, 2.75) is 35.7 Å². The van der Waals surface area contributed by atoms with Gasteiger partial charge < -0.3 is 15.1 Å². The molecule has 2 heterocycles. The number of benzene rings is 1. The molecule has 6 N–H and O–H groups in total. The molecule has 34 heavy (non-hydrogen) atoms. The second-order valence-electron chi connectivity index (χ2n) is 7.89. The third-order valence-electron chi connectivity index (χ3n) is 5.57. The Morgan fingerprint density at radius 2 is 1.91 bits per heavy atom. The van der Waals surface area contributed by atoms with Gasteiger partial charge in [-0.2, -0.15) is 5.21 Å².